The fourth-order valence-corrected chi connectivity index (χ4v) is 3.83. The van der Waals surface area contributed by atoms with Gasteiger partial charge in [0, 0.05) is 6.61 Å². The zero-order valence-electron chi connectivity index (χ0n) is 11.4. The lowest BCUT2D eigenvalue weighted by Crippen LogP contribution is -2.53. The normalized spacial score (nSPS) is 27.4. The van der Waals surface area contributed by atoms with Crippen molar-refractivity contribution in [2.45, 2.75) is 37.6 Å². The molecule has 1 aliphatic rings. The van der Waals surface area contributed by atoms with Gasteiger partial charge in [0.25, 0.3) is 0 Å². The molecule has 0 spiro atoms. The van der Waals surface area contributed by atoms with Crippen molar-refractivity contribution in [2.24, 2.45) is 5.92 Å². The summed E-state index contributed by atoms with van der Waals surface area (Å²) in [6.07, 6.45) is 4.94. The highest BCUT2D eigenvalue weighted by Gasteiger charge is 2.48. The Bertz CT molecular complexity index is 263. The van der Waals surface area contributed by atoms with E-state index in [2.05, 4.69) is 5.32 Å². The Labute approximate surface area is 114 Å². The van der Waals surface area contributed by atoms with E-state index in [1.807, 2.05) is 18.8 Å². The lowest BCUT2D eigenvalue weighted by molar-refractivity contribution is -0.150. The van der Waals surface area contributed by atoms with Gasteiger partial charge in [0.2, 0.25) is 0 Å². The molecule has 0 aromatic heterocycles. The molecule has 0 aromatic rings. The number of methoxy groups -OCH3 is 1. The van der Waals surface area contributed by atoms with E-state index in [9.17, 15) is 4.79 Å². The minimum Gasteiger partial charge on any atom is -0.468 e. The van der Waals surface area contributed by atoms with Gasteiger partial charge in [0.15, 0.2) is 0 Å². The van der Waals surface area contributed by atoms with Crippen LogP contribution in [0.2, 0.25) is 0 Å². The fourth-order valence-electron chi connectivity index (χ4n) is 2.84. The maximum Gasteiger partial charge on any atom is 0.326 e. The standard InChI is InChI=1S/C13H25NO3S/c1-14-13(12(16)17-2)7-3-5-11(13)6-10-18-9-4-8-15/h11,14-15H,3-10H2,1-2H3. The van der Waals surface area contributed by atoms with Crippen LogP contribution < -0.4 is 5.32 Å². The van der Waals surface area contributed by atoms with Gasteiger partial charge in [-0.25, -0.2) is 0 Å². The third-order valence-corrected chi connectivity index (χ3v) is 4.98. The molecule has 0 heterocycles. The zero-order valence-corrected chi connectivity index (χ0v) is 12.2. The molecular weight excluding hydrogens is 250 g/mol. The number of likely N-dealkylation sites (N-methyl/N-ethyl adjacent to an activating group) is 1. The number of aliphatic hydroxyl groups excluding tert-OH is 1. The topological polar surface area (TPSA) is 58.6 Å². The van der Waals surface area contributed by atoms with Crippen molar-refractivity contribution >= 4 is 17.7 Å². The van der Waals surface area contributed by atoms with Gasteiger partial charge in [-0.1, -0.05) is 6.42 Å². The molecule has 1 fully saturated rings. The van der Waals surface area contributed by atoms with E-state index in [0.717, 1.165) is 43.6 Å². The molecule has 106 valence electrons. The molecule has 1 rings (SSSR count). The highest BCUT2D eigenvalue weighted by Crippen LogP contribution is 2.39. The molecular formula is C13H25NO3S. The first-order chi connectivity index (χ1) is 8.71. The van der Waals surface area contributed by atoms with E-state index >= 15 is 0 Å². The maximum absolute atomic E-state index is 12.0. The van der Waals surface area contributed by atoms with Crippen molar-refractivity contribution in [1.82, 2.24) is 5.32 Å². The zero-order chi connectivity index (χ0) is 13.4. The maximum atomic E-state index is 12.0. The summed E-state index contributed by atoms with van der Waals surface area (Å²) in [4.78, 5) is 12.0. The molecule has 18 heavy (non-hydrogen) atoms. The molecule has 0 amide bonds. The summed E-state index contributed by atoms with van der Waals surface area (Å²) in [5, 5.41) is 11.9. The lowest BCUT2D eigenvalue weighted by atomic mass is 9.85. The fraction of sp³-hybridized carbons (Fsp3) is 0.923. The molecule has 0 radical (unpaired) electrons. The van der Waals surface area contributed by atoms with Crippen LogP contribution in [-0.2, 0) is 9.53 Å². The van der Waals surface area contributed by atoms with Crippen molar-refractivity contribution < 1.29 is 14.6 Å². The van der Waals surface area contributed by atoms with E-state index in [1.165, 1.54) is 7.11 Å². The Morgan fingerprint density at radius 2 is 2.33 bits per heavy atom. The van der Waals surface area contributed by atoms with Crippen LogP contribution in [0.1, 0.15) is 32.1 Å². The number of thioether (sulfide) groups is 1. The molecule has 0 bridgehead atoms. The number of rotatable bonds is 8. The van der Waals surface area contributed by atoms with E-state index in [0.29, 0.717) is 5.92 Å². The molecule has 5 heteroatoms. The summed E-state index contributed by atoms with van der Waals surface area (Å²) >= 11 is 1.86. The smallest absolute Gasteiger partial charge is 0.326 e. The summed E-state index contributed by atoms with van der Waals surface area (Å²) in [5.74, 6) is 2.29. The summed E-state index contributed by atoms with van der Waals surface area (Å²) in [7, 11) is 3.32. The number of nitrogens with one attached hydrogen (secondary N) is 1. The van der Waals surface area contributed by atoms with Gasteiger partial charge in [0.1, 0.15) is 5.54 Å². The van der Waals surface area contributed by atoms with Gasteiger partial charge >= 0.3 is 5.97 Å². The quantitative estimate of drug-likeness (QED) is 0.518. The Kier molecular flexibility index (Phi) is 7.04. The SMILES string of the molecule is CNC1(C(=O)OC)CCCC1CCSCCCO. The molecule has 2 N–H and O–H groups in total. The lowest BCUT2D eigenvalue weighted by Gasteiger charge is -2.32. The Morgan fingerprint density at radius 1 is 1.56 bits per heavy atom. The van der Waals surface area contributed by atoms with Crippen LogP contribution in [0, 0.1) is 5.92 Å². The number of ether oxygens (including phenoxy) is 1. The van der Waals surface area contributed by atoms with Crippen LogP contribution in [0.15, 0.2) is 0 Å². The summed E-state index contributed by atoms with van der Waals surface area (Å²) < 4.78 is 4.96. The van der Waals surface area contributed by atoms with Crippen LogP contribution in [-0.4, -0.2) is 48.9 Å². The van der Waals surface area contributed by atoms with Crippen LogP contribution in [0.25, 0.3) is 0 Å². The van der Waals surface area contributed by atoms with Crippen LogP contribution in [0.5, 0.6) is 0 Å². The average Bonchev–Trinajstić information content (AvgIpc) is 2.81. The Morgan fingerprint density at radius 3 is 2.94 bits per heavy atom. The predicted octanol–water partition coefficient (Wildman–Crippen LogP) is 1.42. The molecule has 1 saturated carbocycles. The molecule has 2 atom stereocenters. The van der Waals surface area contributed by atoms with Crippen molar-refractivity contribution in [2.75, 3.05) is 32.3 Å². The molecule has 4 nitrogen and oxygen atoms in total. The minimum absolute atomic E-state index is 0.118. The average molecular weight is 275 g/mol. The van der Waals surface area contributed by atoms with Crippen molar-refractivity contribution in [3.05, 3.63) is 0 Å². The third kappa shape index (κ3) is 3.62. The van der Waals surface area contributed by atoms with Crippen LogP contribution in [0.3, 0.4) is 0 Å². The molecule has 0 aromatic carbocycles. The number of carbonyl (C=O) groups is 1. The Hall–Kier alpha value is -0.260. The largest absolute Gasteiger partial charge is 0.468 e. The number of esters is 1. The predicted molar refractivity (Wildman–Crippen MR) is 74.8 cm³/mol. The third-order valence-electron chi connectivity index (χ3n) is 3.87. The Balaban J connectivity index is 2.45. The molecule has 1 aliphatic carbocycles. The molecule has 0 aliphatic heterocycles. The summed E-state index contributed by atoms with van der Waals surface area (Å²) in [6.45, 7) is 0.263. The van der Waals surface area contributed by atoms with Crippen LogP contribution >= 0.6 is 11.8 Å². The van der Waals surface area contributed by atoms with Gasteiger partial charge in [0.05, 0.1) is 7.11 Å². The van der Waals surface area contributed by atoms with E-state index in [1.54, 1.807) is 0 Å². The number of hydrogen-bond donors (Lipinski definition) is 2. The van der Waals surface area contributed by atoms with Crippen molar-refractivity contribution in [3.8, 4) is 0 Å². The van der Waals surface area contributed by atoms with Crippen LogP contribution in [0.4, 0.5) is 0 Å². The van der Waals surface area contributed by atoms with E-state index < -0.39 is 5.54 Å². The highest BCUT2D eigenvalue weighted by atomic mass is 32.2. The van der Waals surface area contributed by atoms with Crippen molar-refractivity contribution in [1.29, 1.82) is 0 Å². The second kappa shape index (κ2) is 8.02. The monoisotopic (exact) mass is 275 g/mol. The van der Waals surface area contributed by atoms with Gasteiger partial charge in [-0.3, -0.25) is 4.79 Å². The second-order valence-electron chi connectivity index (χ2n) is 4.78. The van der Waals surface area contributed by atoms with Gasteiger partial charge in [-0.2, -0.15) is 11.8 Å². The number of carbonyl (C=O) groups excluding carboxylic acids is 1. The number of hydrogen-bond acceptors (Lipinski definition) is 5. The first-order valence-corrected chi connectivity index (χ1v) is 7.82. The minimum atomic E-state index is -0.466. The van der Waals surface area contributed by atoms with Gasteiger partial charge < -0.3 is 15.2 Å². The first kappa shape index (κ1) is 15.8. The van der Waals surface area contributed by atoms with E-state index in [4.69, 9.17) is 9.84 Å². The molecule has 0 saturated heterocycles. The summed E-state index contributed by atoms with van der Waals surface area (Å²) in [6, 6.07) is 0. The van der Waals surface area contributed by atoms with Crippen molar-refractivity contribution in [3.63, 3.8) is 0 Å². The second-order valence-corrected chi connectivity index (χ2v) is 6.01. The molecule has 2 unspecified atom stereocenters. The number of aliphatic hydroxyl groups is 1. The highest BCUT2D eigenvalue weighted by molar-refractivity contribution is 7.99. The van der Waals surface area contributed by atoms with Gasteiger partial charge in [-0.05, 0) is 50.2 Å². The van der Waals surface area contributed by atoms with E-state index in [-0.39, 0.29) is 12.6 Å². The first-order valence-electron chi connectivity index (χ1n) is 6.67. The summed E-state index contributed by atoms with van der Waals surface area (Å²) in [5.41, 5.74) is -0.466. The van der Waals surface area contributed by atoms with Gasteiger partial charge in [-0.15, -0.1) is 0 Å².